The van der Waals surface area contributed by atoms with Crippen LogP contribution in [0.2, 0.25) is 0 Å². The number of rotatable bonds is 3. The number of carbonyl (C=O) groups excluding carboxylic acids is 1. The van der Waals surface area contributed by atoms with Gasteiger partial charge in [-0.1, -0.05) is 24.3 Å². The lowest BCUT2D eigenvalue weighted by Crippen LogP contribution is -2.50. The maximum atomic E-state index is 12.7. The summed E-state index contributed by atoms with van der Waals surface area (Å²) in [6.45, 7) is 10.1. The zero-order valence-electron chi connectivity index (χ0n) is 16.8. The Kier molecular flexibility index (Phi) is 4.94. The summed E-state index contributed by atoms with van der Waals surface area (Å²) in [5.41, 5.74) is 5.37. The van der Waals surface area contributed by atoms with Crippen molar-refractivity contribution < 1.29 is 4.79 Å². The van der Waals surface area contributed by atoms with Crippen molar-refractivity contribution in [3.63, 3.8) is 0 Å². The second-order valence-corrected chi connectivity index (χ2v) is 7.30. The number of amides is 2. The zero-order valence-corrected chi connectivity index (χ0v) is 16.8. The van der Waals surface area contributed by atoms with Gasteiger partial charge in [-0.05, 0) is 50.1 Å². The molecule has 1 aromatic heterocycles. The number of nitrogens with zero attached hydrogens (tertiary/aromatic N) is 4. The Morgan fingerprint density at radius 3 is 2.54 bits per heavy atom. The molecule has 6 nitrogen and oxygen atoms in total. The van der Waals surface area contributed by atoms with E-state index in [1.807, 2.05) is 30.0 Å². The molecule has 1 aliphatic rings. The zero-order chi connectivity index (χ0) is 19.7. The van der Waals surface area contributed by atoms with Crippen molar-refractivity contribution in [2.75, 3.05) is 36.4 Å². The highest BCUT2D eigenvalue weighted by Crippen LogP contribution is 2.24. The van der Waals surface area contributed by atoms with Crippen molar-refractivity contribution >= 4 is 28.7 Å². The Labute approximate surface area is 165 Å². The minimum absolute atomic E-state index is 0.0302. The highest BCUT2D eigenvalue weighted by molar-refractivity contribution is 5.90. The fourth-order valence-electron chi connectivity index (χ4n) is 3.81. The van der Waals surface area contributed by atoms with Gasteiger partial charge in [-0.15, -0.1) is 0 Å². The number of benzene rings is 2. The summed E-state index contributed by atoms with van der Waals surface area (Å²) >= 11 is 0. The number of piperazine rings is 1. The number of fused-ring (bicyclic) bond motifs is 1. The van der Waals surface area contributed by atoms with Gasteiger partial charge in [0.15, 0.2) is 0 Å². The van der Waals surface area contributed by atoms with E-state index in [0.29, 0.717) is 13.1 Å². The van der Waals surface area contributed by atoms with E-state index in [0.717, 1.165) is 47.9 Å². The van der Waals surface area contributed by atoms with E-state index < -0.39 is 0 Å². The molecule has 1 fully saturated rings. The lowest BCUT2D eigenvalue weighted by Gasteiger charge is -2.35. The summed E-state index contributed by atoms with van der Waals surface area (Å²) in [5, 5.41) is 3.07. The molecule has 0 radical (unpaired) electrons. The van der Waals surface area contributed by atoms with E-state index in [9.17, 15) is 4.79 Å². The summed E-state index contributed by atoms with van der Waals surface area (Å²) in [5.74, 6) is 0.998. The van der Waals surface area contributed by atoms with E-state index in [4.69, 9.17) is 4.98 Å². The van der Waals surface area contributed by atoms with Gasteiger partial charge in [0.1, 0.15) is 0 Å². The summed E-state index contributed by atoms with van der Waals surface area (Å²) in [7, 11) is 0. The van der Waals surface area contributed by atoms with Crippen molar-refractivity contribution in [1.29, 1.82) is 0 Å². The normalized spacial score (nSPS) is 14.5. The molecule has 2 heterocycles. The number of aryl methyl sites for hydroxylation is 2. The molecule has 28 heavy (non-hydrogen) atoms. The Balaban J connectivity index is 1.45. The predicted molar refractivity (Wildman–Crippen MR) is 114 cm³/mol. The SMILES string of the molecule is CCn1c(N2CCN(C(=O)Nc3cccc(C)c3C)CC2)nc2ccccc21. The van der Waals surface area contributed by atoms with E-state index in [1.165, 1.54) is 5.56 Å². The molecule has 146 valence electrons. The van der Waals surface area contributed by atoms with Crippen LogP contribution in [0.5, 0.6) is 0 Å². The van der Waals surface area contributed by atoms with Gasteiger partial charge in [-0.2, -0.15) is 0 Å². The molecule has 1 saturated heterocycles. The summed E-state index contributed by atoms with van der Waals surface area (Å²) in [4.78, 5) is 21.7. The number of aromatic nitrogens is 2. The smallest absolute Gasteiger partial charge is 0.321 e. The molecular formula is C22H27N5O. The Bertz CT molecular complexity index is 1000. The molecule has 6 heteroatoms. The number of anilines is 2. The van der Waals surface area contributed by atoms with E-state index in [1.54, 1.807) is 0 Å². The Hall–Kier alpha value is -3.02. The number of nitrogens with one attached hydrogen (secondary N) is 1. The van der Waals surface area contributed by atoms with Crippen molar-refractivity contribution in [3.05, 3.63) is 53.6 Å². The van der Waals surface area contributed by atoms with Crippen LogP contribution in [0, 0.1) is 13.8 Å². The minimum Gasteiger partial charge on any atom is -0.339 e. The van der Waals surface area contributed by atoms with Crippen LogP contribution >= 0.6 is 0 Å². The lowest BCUT2D eigenvalue weighted by atomic mass is 10.1. The number of carbonyl (C=O) groups is 1. The van der Waals surface area contributed by atoms with Crippen molar-refractivity contribution in [2.45, 2.75) is 27.3 Å². The van der Waals surface area contributed by atoms with Crippen LogP contribution in [0.1, 0.15) is 18.1 Å². The third-order valence-electron chi connectivity index (χ3n) is 5.65. The summed E-state index contributed by atoms with van der Waals surface area (Å²) < 4.78 is 2.25. The Morgan fingerprint density at radius 2 is 1.79 bits per heavy atom. The molecule has 2 amide bonds. The molecule has 0 saturated carbocycles. The molecule has 4 rings (SSSR count). The maximum absolute atomic E-state index is 12.7. The van der Waals surface area contributed by atoms with Crippen LogP contribution in [-0.2, 0) is 6.54 Å². The number of hydrogen-bond acceptors (Lipinski definition) is 3. The largest absolute Gasteiger partial charge is 0.339 e. The minimum atomic E-state index is -0.0302. The van der Waals surface area contributed by atoms with Crippen molar-refractivity contribution in [1.82, 2.24) is 14.5 Å². The second kappa shape index (κ2) is 7.54. The van der Waals surface area contributed by atoms with Gasteiger partial charge < -0.3 is 19.7 Å². The monoisotopic (exact) mass is 377 g/mol. The van der Waals surface area contributed by atoms with Crippen LogP contribution in [0.15, 0.2) is 42.5 Å². The fourth-order valence-corrected chi connectivity index (χ4v) is 3.81. The molecule has 2 aromatic carbocycles. The standard InChI is InChI=1S/C22H27N5O/c1-4-27-20-11-6-5-9-19(20)23-21(27)25-12-14-26(15-13-25)22(28)24-18-10-7-8-16(2)17(18)3/h5-11H,4,12-15H2,1-3H3,(H,24,28). The molecule has 1 N–H and O–H groups in total. The van der Waals surface area contributed by atoms with Gasteiger partial charge in [-0.25, -0.2) is 9.78 Å². The van der Waals surface area contributed by atoms with Crippen molar-refractivity contribution in [2.24, 2.45) is 0 Å². The molecular weight excluding hydrogens is 350 g/mol. The molecule has 1 aliphatic heterocycles. The first-order chi connectivity index (χ1) is 13.6. The topological polar surface area (TPSA) is 53.4 Å². The van der Waals surface area contributed by atoms with Gasteiger partial charge in [0.05, 0.1) is 11.0 Å². The molecule has 0 unspecified atom stereocenters. The summed E-state index contributed by atoms with van der Waals surface area (Å²) in [6.07, 6.45) is 0. The fraction of sp³-hybridized carbons (Fsp3) is 0.364. The summed E-state index contributed by atoms with van der Waals surface area (Å²) in [6, 6.07) is 14.2. The average Bonchev–Trinajstić information content (AvgIpc) is 3.10. The van der Waals surface area contributed by atoms with Gasteiger partial charge >= 0.3 is 6.03 Å². The molecule has 0 atom stereocenters. The van der Waals surface area contributed by atoms with E-state index >= 15 is 0 Å². The third-order valence-corrected chi connectivity index (χ3v) is 5.65. The molecule has 0 bridgehead atoms. The first-order valence-electron chi connectivity index (χ1n) is 9.91. The highest BCUT2D eigenvalue weighted by Gasteiger charge is 2.24. The van der Waals surface area contributed by atoms with Crippen LogP contribution in [0.3, 0.4) is 0 Å². The quantitative estimate of drug-likeness (QED) is 0.750. The molecule has 0 aliphatic carbocycles. The Morgan fingerprint density at radius 1 is 1.04 bits per heavy atom. The first kappa shape index (κ1) is 18.3. The van der Waals surface area contributed by atoms with Gasteiger partial charge in [0, 0.05) is 38.4 Å². The second-order valence-electron chi connectivity index (χ2n) is 7.30. The first-order valence-corrected chi connectivity index (χ1v) is 9.91. The number of imidazole rings is 1. The van der Waals surface area contributed by atoms with Gasteiger partial charge in [0.2, 0.25) is 5.95 Å². The van der Waals surface area contributed by atoms with Crippen LogP contribution in [0.25, 0.3) is 11.0 Å². The third kappa shape index (κ3) is 3.30. The molecule has 0 spiro atoms. The lowest BCUT2D eigenvalue weighted by molar-refractivity contribution is 0.208. The van der Waals surface area contributed by atoms with Gasteiger partial charge in [0.25, 0.3) is 0 Å². The van der Waals surface area contributed by atoms with Crippen LogP contribution in [-0.4, -0.2) is 46.7 Å². The number of hydrogen-bond donors (Lipinski definition) is 1. The average molecular weight is 377 g/mol. The van der Waals surface area contributed by atoms with E-state index in [2.05, 4.69) is 52.9 Å². The maximum Gasteiger partial charge on any atom is 0.321 e. The molecule has 3 aromatic rings. The van der Waals surface area contributed by atoms with Gasteiger partial charge in [-0.3, -0.25) is 0 Å². The number of urea groups is 1. The van der Waals surface area contributed by atoms with E-state index in [-0.39, 0.29) is 6.03 Å². The number of para-hydroxylation sites is 2. The predicted octanol–water partition coefficient (Wildman–Crippen LogP) is 4.03. The highest BCUT2D eigenvalue weighted by atomic mass is 16.2. The van der Waals surface area contributed by atoms with Crippen LogP contribution < -0.4 is 10.2 Å². The van der Waals surface area contributed by atoms with Crippen LogP contribution in [0.4, 0.5) is 16.4 Å². The van der Waals surface area contributed by atoms with Crippen molar-refractivity contribution in [3.8, 4) is 0 Å².